The van der Waals surface area contributed by atoms with Crippen LogP contribution in [0.4, 0.5) is 0 Å². The highest BCUT2D eigenvalue weighted by molar-refractivity contribution is 7.12. The van der Waals surface area contributed by atoms with Crippen molar-refractivity contribution < 1.29 is 19.2 Å². The van der Waals surface area contributed by atoms with Crippen LogP contribution in [-0.4, -0.2) is 71.1 Å². The lowest BCUT2D eigenvalue weighted by molar-refractivity contribution is -0.139. The Labute approximate surface area is 166 Å². The molecule has 1 aromatic heterocycles. The summed E-state index contributed by atoms with van der Waals surface area (Å²) in [5.41, 5.74) is 1.17. The number of rotatable bonds is 3. The maximum atomic E-state index is 12.7. The van der Waals surface area contributed by atoms with E-state index >= 15 is 0 Å². The Morgan fingerprint density at radius 2 is 1.64 bits per heavy atom. The molecule has 0 unspecified atom stereocenters. The van der Waals surface area contributed by atoms with Gasteiger partial charge in [-0.2, -0.15) is 0 Å². The standard InChI is InChI=1S/C20H19N3O4S/c24-17-12-14-4-1-2-5-15(14)19(26)23(17)13-18(25)21-7-9-22(10-8-21)20(27)16-6-3-11-28-16/h1-6,11H,7-10,12-13H2. The van der Waals surface area contributed by atoms with Crippen molar-refractivity contribution in [3.8, 4) is 0 Å². The topological polar surface area (TPSA) is 78.0 Å². The van der Waals surface area contributed by atoms with Gasteiger partial charge < -0.3 is 9.80 Å². The number of thiophene rings is 1. The molecular weight excluding hydrogens is 378 g/mol. The molecule has 1 fully saturated rings. The molecule has 4 amide bonds. The summed E-state index contributed by atoms with van der Waals surface area (Å²) in [5, 5.41) is 1.86. The van der Waals surface area contributed by atoms with Crippen LogP contribution < -0.4 is 0 Å². The summed E-state index contributed by atoms with van der Waals surface area (Å²) in [5.74, 6) is -1.08. The second kappa shape index (κ2) is 7.55. The van der Waals surface area contributed by atoms with Crippen molar-refractivity contribution in [1.29, 1.82) is 0 Å². The lowest BCUT2D eigenvalue weighted by atomic mass is 9.98. The highest BCUT2D eigenvalue weighted by Crippen LogP contribution is 2.20. The first kappa shape index (κ1) is 18.4. The van der Waals surface area contributed by atoms with Gasteiger partial charge in [-0.05, 0) is 23.1 Å². The SMILES string of the molecule is O=C(CN1C(=O)Cc2ccccc2C1=O)N1CCN(C(=O)c2cccs2)CC1. The zero-order chi connectivity index (χ0) is 19.7. The van der Waals surface area contributed by atoms with Crippen molar-refractivity contribution in [2.24, 2.45) is 0 Å². The molecule has 3 heterocycles. The average molecular weight is 397 g/mol. The third-order valence-electron chi connectivity index (χ3n) is 5.08. The monoisotopic (exact) mass is 397 g/mol. The number of piperazine rings is 1. The van der Waals surface area contributed by atoms with E-state index in [4.69, 9.17) is 0 Å². The molecule has 2 aliphatic heterocycles. The summed E-state index contributed by atoms with van der Waals surface area (Å²) in [7, 11) is 0. The molecule has 0 spiro atoms. The van der Waals surface area contributed by atoms with Gasteiger partial charge in [0.1, 0.15) is 6.54 Å². The third kappa shape index (κ3) is 3.43. The normalized spacial score (nSPS) is 16.9. The van der Waals surface area contributed by atoms with Crippen molar-refractivity contribution in [3.63, 3.8) is 0 Å². The van der Waals surface area contributed by atoms with Crippen LogP contribution in [0.25, 0.3) is 0 Å². The van der Waals surface area contributed by atoms with Gasteiger partial charge in [-0.15, -0.1) is 11.3 Å². The van der Waals surface area contributed by atoms with Crippen molar-refractivity contribution in [1.82, 2.24) is 14.7 Å². The van der Waals surface area contributed by atoms with Crippen LogP contribution in [0.3, 0.4) is 0 Å². The Kier molecular flexibility index (Phi) is 4.95. The molecule has 0 radical (unpaired) electrons. The highest BCUT2D eigenvalue weighted by atomic mass is 32.1. The van der Waals surface area contributed by atoms with Crippen LogP contribution in [0.5, 0.6) is 0 Å². The summed E-state index contributed by atoms with van der Waals surface area (Å²) >= 11 is 1.40. The van der Waals surface area contributed by atoms with Gasteiger partial charge in [-0.25, -0.2) is 0 Å². The Bertz CT molecular complexity index is 933. The molecule has 28 heavy (non-hydrogen) atoms. The van der Waals surface area contributed by atoms with E-state index in [2.05, 4.69) is 0 Å². The molecule has 0 bridgehead atoms. The smallest absolute Gasteiger partial charge is 0.264 e. The lowest BCUT2D eigenvalue weighted by Gasteiger charge is -2.36. The number of hydrogen-bond acceptors (Lipinski definition) is 5. The van der Waals surface area contributed by atoms with E-state index in [-0.39, 0.29) is 30.7 Å². The fourth-order valence-corrected chi connectivity index (χ4v) is 4.20. The summed E-state index contributed by atoms with van der Waals surface area (Å²) in [4.78, 5) is 55.0. The predicted molar refractivity (Wildman–Crippen MR) is 103 cm³/mol. The zero-order valence-corrected chi connectivity index (χ0v) is 16.0. The Balaban J connectivity index is 1.37. The van der Waals surface area contributed by atoms with E-state index in [1.54, 1.807) is 40.1 Å². The second-order valence-corrected chi connectivity index (χ2v) is 7.72. The van der Waals surface area contributed by atoms with E-state index in [1.807, 2.05) is 11.4 Å². The van der Waals surface area contributed by atoms with Gasteiger partial charge >= 0.3 is 0 Å². The molecule has 0 aliphatic carbocycles. The van der Waals surface area contributed by atoms with Gasteiger partial charge in [-0.3, -0.25) is 24.1 Å². The van der Waals surface area contributed by atoms with Gasteiger partial charge in [0.15, 0.2) is 0 Å². The van der Waals surface area contributed by atoms with Crippen molar-refractivity contribution in [2.45, 2.75) is 6.42 Å². The van der Waals surface area contributed by atoms with Crippen molar-refractivity contribution in [2.75, 3.05) is 32.7 Å². The van der Waals surface area contributed by atoms with E-state index < -0.39 is 5.91 Å². The van der Waals surface area contributed by atoms with Crippen LogP contribution in [0.15, 0.2) is 41.8 Å². The van der Waals surface area contributed by atoms with Gasteiger partial charge in [0.25, 0.3) is 11.8 Å². The first-order chi connectivity index (χ1) is 13.5. The first-order valence-corrected chi connectivity index (χ1v) is 9.95. The van der Waals surface area contributed by atoms with Crippen LogP contribution in [0, 0.1) is 0 Å². The molecule has 2 aromatic rings. The Morgan fingerprint density at radius 1 is 0.929 bits per heavy atom. The lowest BCUT2D eigenvalue weighted by Crippen LogP contribution is -2.54. The first-order valence-electron chi connectivity index (χ1n) is 9.08. The largest absolute Gasteiger partial charge is 0.338 e. The summed E-state index contributed by atoms with van der Waals surface area (Å²) in [6, 6.07) is 10.6. The van der Waals surface area contributed by atoms with E-state index in [0.717, 1.165) is 4.90 Å². The molecule has 0 atom stereocenters. The Morgan fingerprint density at radius 3 is 2.36 bits per heavy atom. The maximum Gasteiger partial charge on any atom is 0.264 e. The van der Waals surface area contributed by atoms with Gasteiger partial charge in [0.2, 0.25) is 11.8 Å². The number of imide groups is 1. The molecule has 0 saturated carbocycles. The molecule has 0 N–H and O–H groups in total. The summed E-state index contributed by atoms with van der Waals surface area (Å²) in [6.45, 7) is 1.40. The molecule has 2 aliphatic rings. The number of carbonyl (C=O) groups is 4. The fraction of sp³-hybridized carbons (Fsp3) is 0.300. The minimum atomic E-state index is -0.424. The summed E-state index contributed by atoms with van der Waals surface area (Å²) in [6.07, 6.45) is 0.123. The maximum absolute atomic E-state index is 12.7. The minimum absolute atomic E-state index is 0.0277. The predicted octanol–water partition coefficient (Wildman–Crippen LogP) is 1.26. The number of nitrogens with zero attached hydrogens (tertiary/aromatic N) is 3. The van der Waals surface area contributed by atoms with Crippen LogP contribution in [-0.2, 0) is 16.0 Å². The molecule has 4 rings (SSSR count). The highest BCUT2D eigenvalue weighted by Gasteiger charge is 2.34. The average Bonchev–Trinajstić information content (AvgIpc) is 3.25. The molecule has 144 valence electrons. The van der Waals surface area contributed by atoms with Gasteiger partial charge in [0.05, 0.1) is 11.3 Å². The van der Waals surface area contributed by atoms with E-state index in [0.29, 0.717) is 42.2 Å². The second-order valence-electron chi connectivity index (χ2n) is 6.77. The molecule has 1 saturated heterocycles. The van der Waals surface area contributed by atoms with Gasteiger partial charge in [-0.1, -0.05) is 24.3 Å². The van der Waals surface area contributed by atoms with Crippen molar-refractivity contribution in [3.05, 3.63) is 57.8 Å². The fourth-order valence-electron chi connectivity index (χ4n) is 3.51. The third-order valence-corrected chi connectivity index (χ3v) is 5.94. The number of amides is 4. The number of fused-ring (bicyclic) bond motifs is 1. The number of carbonyl (C=O) groups excluding carboxylic acids is 4. The molecule has 8 heteroatoms. The molecule has 1 aromatic carbocycles. The van der Waals surface area contributed by atoms with Crippen LogP contribution in [0.2, 0.25) is 0 Å². The number of hydrogen-bond donors (Lipinski definition) is 0. The van der Waals surface area contributed by atoms with Crippen LogP contribution in [0.1, 0.15) is 25.6 Å². The van der Waals surface area contributed by atoms with E-state index in [9.17, 15) is 19.2 Å². The van der Waals surface area contributed by atoms with Gasteiger partial charge in [0, 0.05) is 31.7 Å². The Hall–Kier alpha value is -3.00. The quantitative estimate of drug-likeness (QED) is 0.731. The zero-order valence-electron chi connectivity index (χ0n) is 15.2. The molecule has 7 nitrogen and oxygen atoms in total. The summed E-state index contributed by atoms with van der Waals surface area (Å²) < 4.78 is 0. The van der Waals surface area contributed by atoms with E-state index in [1.165, 1.54) is 11.3 Å². The minimum Gasteiger partial charge on any atom is -0.338 e. The number of benzene rings is 1. The van der Waals surface area contributed by atoms with Crippen LogP contribution >= 0.6 is 11.3 Å². The molecular formula is C20H19N3O4S. The van der Waals surface area contributed by atoms with Crippen molar-refractivity contribution >= 4 is 35.0 Å².